The van der Waals surface area contributed by atoms with Crippen LogP contribution in [-0.2, 0) is 27.5 Å². The molecule has 3 rings (SSSR count). The van der Waals surface area contributed by atoms with E-state index in [1.54, 1.807) is 13.0 Å². The molecular weight excluding hydrogens is 447 g/mol. The monoisotopic (exact) mass is 471 g/mol. The number of hydrogen-bond acceptors (Lipinski definition) is 4. The SMILES string of the molecule is Cc1ccc(NC(=O)Cn2cc(C(F)(F)F)ccc2=O)cc1S(=O)(=O)N1CCCCCC1. The molecule has 11 heteroatoms. The summed E-state index contributed by atoms with van der Waals surface area (Å²) in [6.07, 6.45) is -0.585. The van der Waals surface area contributed by atoms with Gasteiger partial charge in [0.15, 0.2) is 0 Å². The van der Waals surface area contributed by atoms with Gasteiger partial charge >= 0.3 is 6.18 Å². The van der Waals surface area contributed by atoms with Gasteiger partial charge in [-0.3, -0.25) is 9.59 Å². The molecule has 0 saturated carbocycles. The average Bonchev–Trinajstić information content (AvgIpc) is 3.00. The lowest BCUT2D eigenvalue weighted by Gasteiger charge is -2.21. The first-order valence-electron chi connectivity index (χ1n) is 10.2. The van der Waals surface area contributed by atoms with E-state index in [4.69, 9.17) is 0 Å². The summed E-state index contributed by atoms with van der Waals surface area (Å²) in [6, 6.07) is 5.78. The molecule has 0 spiro atoms. The molecule has 0 radical (unpaired) electrons. The number of aromatic nitrogens is 1. The van der Waals surface area contributed by atoms with Gasteiger partial charge in [0.1, 0.15) is 6.54 Å². The highest BCUT2D eigenvalue weighted by Crippen LogP contribution is 2.28. The van der Waals surface area contributed by atoms with Crippen molar-refractivity contribution in [1.29, 1.82) is 0 Å². The number of sulfonamides is 1. The number of nitrogens with zero attached hydrogens (tertiary/aromatic N) is 2. The van der Waals surface area contributed by atoms with Gasteiger partial charge in [0.05, 0.1) is 10.5 Å². The number of hydrogen-bond donors (Lipinski definition) is 1. The summed E-state index contributed by atoms with van der Waals surface area (Å²) in [4.78, 5) is 24.3. The first-order chi connectivity index (χ1) is 15.0. The van der Waals surface area contributed by atoms with Crippen molar-refractivity contribution in [3.05, 3.63) is 58.0 Å². The first-order valence-corrected chi connectivity index (χ1v) is 11.6. The Balaban J connectivity index is 1.80. The highest BCUT2D eigenvalue weighted by molar-refractivity contribution is 7.89. The van der Waals surface area contributed by atoms with Gasteiger partial charge in [0.25, 0.3) is 5.56 Å². The Morgan fingerprint density at radius 2 is 1.72 bits per heavy atom. The number of alkyl halides is 3. The summed E-state index contributed by atoms with van der Waals surface area (Å²) in [6.45, 7) is 1.86. The molecule has 1 N–H and O–H groups in total. The van der Waals surface area contributed by atoms with Gasteiger partial charge in [-0.15, -0.1) is 0 Å². The number of amides is 1. The van der Waals surface area contributed by atoms with Crippen LogP contribution in [0.5, 0.6) is 0 Å². The van der Waals surface area contributed by atoms with Gasteiger partial charge in [0.2, 0.25) is 15.9 Å². The first kappa shape index (κ1) is 24.0. The molecule has 0 bridgehead atoms. The van der Waals surface area contributed by atoms with Crippen molar-refractivity contribution in [2.75, 3.05) is 18.4 Å². The van der Waals surface area contributed by atoms with Crippen molar-refractivity contribution in [2.45, 2.75) is 50.2 Å². The topological polar surface area (TPSA) is 88.5 Å². The highest BCUT2D eigenvalue weighted by atomic mass is 32.2. The average molecular weight is 472 g/mol. The van der Waals surface area contributed by atoms with E-state index in [2.05, 4.69) is 5.32 Å². The van der Waals surface area contributed by atoms with Gasteiger partial charge in [-0.2, -0.15) is 17.5 Å². The second-order valence-corrected chi connectivity index (χ2v) is 9.63. The highest BCUT2D eigenvalue weighted by Gasteiger charge is 2.31. The zero-order valence-electron chi connectivity index (χ0n) is 17.5. The smallest absolute Gasteiger partial charge is 0.324 e. The number of nitrogens with one attached hydrogen (secondary N) is 1. The molecule has 1 aliphatic rings. The Bertz CT molecular complexity index is 1150. The van der Waals surface area contributed by atoms with Crippen LogP contribution in [-0.4, -0.2) is 36.3 Å². The van der Waals surface area contributed by atoms with E-state index in [-0.39, 0.29) is 10.6 Å². The summed E-state index contributed by atoms with van der Waals surface area (Å²) in [7, 11) is -3.76. The molecule has 32 heavy (non-hydrogen) atoms. The van der Waals surface area contributed by atoms with E-state index in [0.29, 0.717) is 35.5 Å². The van der Waals surface area contributed by atoms with Crippen molar-refractivity contribution in [3.8, 4) is 0 Å². The fourth-order valence-electron chi connectivity index (χ4n) is 3.55. The maximum absolute atomic E-state index is 13.1. The minimum Gasteiger partial charge on any atom is -0.324 e. The van der Waals surface area contributed by atoms with E-state index in [9.17, 15) is 31.2 Å². The molecule has 1 aromatic heterocycles. The number of anilines is 1. The maximum Gasteiger partial charge on any atom is 0.417 e. The van der Waals surface area contributed by atoms with E-state index < -0.39 is 39.8 Å². The Hall–Kier alpha value is -2.66. The Labute approximate surface area is 183 Å². The van der Waals surface area contributed by atoms with Crippen molar-refractivity contribution in [3.63, 3.8) is 0 Å². The van der Waals surface area contributed by atoms with Crippen LogP contribution >= 0.6 is 0 Å². The molecule has 7 nitrogen and oxygen atoms in total. The normalized spacial score (nSPS) is 15.9. The van der Waals surface area contributed by atoms with Gasteiger partial charge in [-0.1, -0.05) is 18.9 Å². The fraction of sp³-hybridized carbons (Fsp3) is 0.429. The lowest BCUT2D eigenvalue weighted by molar-refractivity contribution is -0.138. The second kappa shape index (κ2) is 9.45. The molecule has 0 atom stereocenters. The van der Waals surface area contributed by atoms with Gasteiger partial charge in [-0.05, 0) is 43.5 Å². The third kappa shape index (κ3) is 5.57. The van der Waals surface area contributed by atoms with Crippen LogP contribution in [0.15, 0.2) is 46.2 Å². The zero-order valence-corrected chi connectivity index (χ0v) is 18.3. The number of aryl methyl sites for hydroxylation is 1. The summed E-state index contributed by atoms with van der Waals surface area (Å²) < 4.78 is 67.0. The number of carbonyl (C=O) groups excluding carboxylic acids is 1. The van der Waals surface area contributed by atoms with Crippen LogP contribution in [0.25, 0.3) is 0 Å². The molecule has 2 heterocycles. The maximum atomic E-state index is 13.1. The summed E-state index contributed by atoms with van der Waals surface area (Å²) in [5.74, 6) is -0.756. The second-order valence-electron chi connectivity index (χ2n) is 7.73. The molecule has 0 unspecified atom stereocenters. The van der Waals surface area contributed by atoms with Crippen molar-refractivity contribution in [2.24, 2.45) is 0 Å². The third-order valence-electron chi connectivity index (χ3n) is 5.28. The standard InChI is InChI=1S/C21H24F3N3O4S/c1-15-6-8-17(12-18(15)32(30,31)27-10-4-2-3-5-11-27)25-19(28)14-26-13-16(21(22,23)24)7-9-20(26)29/h6-9,12-13H,2-5,10-11,14H2,1H3,(H,25,28). The van der Waals surface area contributed by atoms with E-state index in [1.165, 1.54) is 16.4 Å². The Morgan fingerprint density at radius 1 is 1.06 bits per heavy atom. The molecule has 174 valence electrons. The van der Waals surface area contributed by atoms with Gasteiger partial charge < -0.3 is 9.88 Å². The van der Waals surface area contributed by atoms with Crippen LogP contribution in [0.1, 0.15) is 36.8 Å². The number of halogens is 3. The molecule has 1 aromatic carbocycles. The minimum absolute atomic E-state index is 0.0634. The van der Waals surface area contributed by atoms with Crippen LogP contribution in [0.2, 0.25) is 0 Å². The molecule has 0 aliphatic carbocycles. The van der Waals surface area contributed by atoms with Crippen LogP contribution in [0.3, 0.4) is 0 Å². The van der Waals surface area contributed by atoms with Crippen molar-refractivity contribution in [1.82, 2.24) is 8.87 Å². The van der Waals surface area contributed by atoms with Crippen LogP contribution in [0.4, 0.5) is 18.9 Å². The Kier molecular flexibility index (Phi) is 7.09. The summed E-state index contributed by atoms with van der Waals surface area (Å²) in [5.41, 5.74) is -1.12. The lowest BCUT2D eigenvalue weighted by Crippen LogP contribution is -2.32. The molecular formula is C21H24F3N3O4S. The lowest BCUT2D eigenvalue weighted by atomic mass is 10.2. The molecule has 2 aromatic rings. The minimum atomic E-state index is -4.65. The molecule has 1 aliphatic heterocycles. The third-order valence-corrected chi connectivity index (χ3v) is 7.32. The number of pyridine rings is 1. The van der Waals surface area contributed by atoms with Crippen molar-refractivity contribution >= 4 is 21.6 Å². The van der Waals surface area contributed by atoms with Crippen LogP contribution < -0.4 is 10.9 Å². The van der Waals surface area contributed by atoms with Gasteiger partial charge in [-0.25, -0.2) is 8.42 Å². The van der Waals surface area contributed by atoms with E-state index in [1.807, 2.05) is 0 Å². The predicted molar refractivity (Wildman–Crippen MR) is 113 cm³/mol. The summed E-state index contributed by atoms with van der Waals surface area (Å²) >= 11 is 0. The predicted octanol–water partition coefficient (Wildman–Crippen LogP) is 3.38. The number of rotatable bonds is 5. The molecule has 1 saturated heterocycles. The van der Waals surface area contributed by atoms with Crippen molar-refractivity contribution < 1.29 is 26.4 Å². The number of benzene rings is 1. The zero-order chi connectivity index (χ0) is 23.5. The van der Waals surface area contributed by atoms with Gasteiger partial charge in [0, 0.05) is 31.0 Å². The Morgan fingerprint density at radius 3 is 2.34 bits per heavy atom. The summed E-state index contributed by atoms with van der Waals surface area (Å²) in [5, 5.41) is 2.47. The van der Waals surface area contributed by atoms with E-state index in [0.717, 1.165) is 31.7 Å². The molecule has 1 fully saturated rings. The fourth-order valence-corrected chi connectivity index (χ4v) is 5.32. The van der Waals surface area contributed by atoms with Crippen LogP contribution in [0, 0.1) is 6.92 Å². The van der Waals surface area contributed by atoms with E-state index >= 15 is 0 Å². The largest absolute Gasteiger partial charge is 0.417 e. The quantitative estimate of drug-likeness (QED) is 0.724. The number of carbonyl (C=O) groups is 1. The molecule has 1 amide bonds.